The Labute approximate surface area is 204 Å². The SMILES string of the molecule is CC(C)c1ccc(COc2ccc(-c3c(-c4ccncc4)nn4c3C(=O)NC(CO)C4)cc2)cc1. The molecule has 0 fully saturated rings. The summed E-state index contributed by atoms with van der Waals surface area (Å²) in [6.45, 7) is 5.11. The van der Waals surface area contributed by atoms with Crippen LogP contribution in [0.25, 0.3) is 22.4 Å². The van der Waals surface area contributed by atoms with Crippen LogP contribution in [0.4, 0.5) is 0 Å². The normalized spacial score (nSPS) is 15.1. The molecule has 7 heteroatoms. The van der Waals surface area contributed by atoms with E-state index in [0.29, 0.717) is 30.5 Å². The fourth-order valence-corrected chi connectivity index (χ4v) is 4.30. The molecule has 0 spiro atoms. The lowest BCUT2D eigenvalue weighted by Gasteiger charge is -2.23. The van der Waals surface area contributed by atoms with E-state index in [0.717, 1.165) is 28.0 Å². The zero-order valence-electron chi connectivity index (χ0n) is 19.8. The minimum absolute atomic E-state index is 0.142. The van der Waals surface area contributed by atoms with Crippen molar-refractivity contribution in [3.05, 3.63) is 89.9 Å². The number of aromatic nitrogens is 3. The van der Waals surface area contributed by atoms with E-state index >= 15 is 0 Å². The Morgan fingerprint density at radius 3 is 2.40 bits per heavy atom. The highest BCUT2D eigenvalue weighted by Crippen LogP contribution is 2.36. The molecule has 5 rings (SSSR count). The lowest BCUT2D eigenvalue weighted by molar-refractivity contribution is 0.0863. The molecule has 178 valence electrons. The van der Waals surface area contributed by atoms with Gasteiger partial charge in [0.1, 0.15) is 23.7 Å². The van der Waals surface area contributed by atoms with Crippen LogP contribution in [-0.2, 0) is 13.2 Å². The number of pyridine rings is 1. The predicted octanol–water partition coefficient (Wildman–Crippen LogP) is 4.42. The van der Waals surface area contributed by atoms with Gasteiger partial charge in [0.15, 0.2) is 0 Å². The van der Waals surface area contributed by atoms with Gasteiger partial charge in [0, 0.05) is 23.5 Å². The maximum Gasteiger partial charge on any atom is 0.270 e. The number of benzene rings is 2. The van der Waals surface area contributed by atoms with E-state index < -0.39 is 0 Å². The molecule has 1 amide bonds. The largest absolute Gasteiger partial charge is 0.489 e. The quantitative estimate of drug-likeness (QED) is 0.419. The van der Waals surface area contributed by atoms with Crippen molar-refractivity contribution in [2.75, 3.05) is 6.61 Å². The molecule has 1 aliphatic heterocycles. The van der Waals surface area contributed by atoms with Crippen LogP contribution in [0.1, 0.15) is 41.4 Å². The first kappa shape index (κ1) is 22.8. The van der Waals surface area contributed by atoms with Gasteiger partial charge >= 0.3 is 0 Å². The smallest absolute Gasteiger partial charge is 0.270 e. The fourth-order valence-electron chi connectivity index (χ4n) is 4.30. The zero-order chi connectivity index (χ0) is 24.4. The maximum absolute atomic E-state index is 13.0. The first-order valence-electron chi connectivity index (χ1n) is 11.8. The number of fused-ring (bicyclic) bond motifs is 1. The molecule has 0 radical (unpaired) electrons. The lowest BCUT2D eigenvalue weighted by atomic mass is 9.98. The number of ether oxygens (including phenoxy) is 1. The minimum atomic E-state index is -0.363. The summed E-state index contributed by atoms with van der Waals surface area (Å²) >= 11 is 0. The third kappa shape index (κ3) is 4.68. The summed E-state index contributed by atoms with van der Waals surface area (Å²) in [5.74, 6) is 1.00. The summed E-state index contributed by atoms with van der Waals surface area (Å²) < 4.78 is 7.70. The van der Waals surface area contributed by atoms with Crippen molar-refractivity contribution in [3.63, 3.8) is 0 Å². The van der Waals surface area contributed by atoms with E-state index in [2.05, 4.69) is 48.4 Å². The second-order valence-electron chi connectivity index (χ2n) is 9.05. The second-order valence-corrected chi connectivity index (χ2v) is 9.05. The Morgan fingerprint density at radius 1 is 1.03 bits per heavy atom. The molecule has 4 aromatic rings. The number of hydrogen-bond acceptors (Lipinski definition) is 5. The first-order valence-corrected chi connectivity index (χ1v) is 11.8. The summed E-state index contributed by atoms with van der Waals surface area (Å²) in [6, 6.07) is 19.6. The Morgan fingerprint density at radius 2 is 1.74 bits per heavy atom. The fraction of sp³-hybridized carbons (Fsp3) is 0.250. The zero-order valence-corrected chi connectivity index (χ0v) is 19.8. The number of nitrogens with zero attached hydrogens (tertiary/aromatic N) is 3. The van der Waals surface area contributed by atoms with Gasteiger partial charge in [-0.15, -0.1) is 0 Å². The highest BCUT2D eigenvalue weighted by atomic mass is 16.5. The molecule has 1 atom stereocenters. The van der Waals surface area contributed by atoms with Crippen molar-refractivity contribution >= 4 is 5.91 Å². The molecular formula is C28H28N4O3. The molecule has 2 N–H and O–H groups in total. The number of aliphatic hydroxyl groups excluding tert-OH is 1. The van der Waals surface area contributed by atoms with Gasteiger partial charge < -0.3 is 15.2 Å². The molecule has 0 saturated heterocycles. The summed E-state index contributed by atoms with van der Waals surface area (Å²) in [7, 11) is 0. The molecule has 7 nitrogen and oxygen atoms in total. The van der Waals surface area contributed by atoms with Gasteiger partial charge in [-0.3, -0.25) is 14.5 Å². The van der Waals surface area contributed by atoms with Gasteiger partial charge in [0.25, 0.3) is 5.91 Å². The number of amides is 1. The van der Waals surface area contributed by atoms with Crippen LogP contribution in [0.3, 0.4) is 0 Å². The van der Waals surface area contributed by atoms with Crippen molar-refractivity contribution < 1.29 is 14.6 Å². The van der Waals surface area contributed by atoms with Crippen molar-refractivity contribution in [2.24, 2.45) is 0 Å². The second kappa shape index (κ2) is 9.72. The summed E-state index contributed by atoms with van der Waals surface area (Å²) in [5, 5.41) is 17.2. The van der Waals surface area contributed by atoms with Crippen LogP contribution in [-0.4, -0.2) is 38.4 Å². The molecule has 1 unspecified atom stereocenters. The van der Waals surface area contributed by atoms with Gasteiger partial charge in [-0.2, -0.15) is 5.10 Å². The van der Waals surface area contributed by atoms with E-state index in [4.69, 9.17) is 9.84 Å². The first-order chi connectivity index (χ1) is 17.0. The summed E-state index contributed by atoms with van der Waals surface area (Å²) in [5.41, 5.74) is 6.09. The van der Waals surface area contributed by atoms with Crippen LogP contribution in [0.15, 0.2) is 73.1 Å². The summed E-state index contributed by atoms with van der Waals surface area (Å²) in [6.07, 6.45) is 3.41. The van der Waals surface area contributed by atoms with Crippen LogP contribution in [0, 0.1) is 0 Å². The highest BCUT2D eigenvalue weighted by molar-refractivity contribution is 6.03. The number of aliphatic hydroxyl groups is 1. The molecule has 0 bridgehead atoms. The van der Waals surface area contributed by atoms with Crippen LogP contribution < -0.4 is 10.1 Å². The Kier molecular flexibility index (Phi) is 6.33. The Bertz CT molecular complexity index is 1310. The lowest BCUT2D eigenvalue weighted by Crippen LogP contribution is -2.46. The third-order valence-corrected chi connectivity index (χ3v) is 6.27. The average Bonchev–Trinajstić information content (AvgIpc) is 3.28. The third-order valence-electron chi connectivity index (χ3n) is 6.27. The average molecular weight is 469 g/mol. The van der Waals surface area contributed by atoms with Gasteiger partial charge in [-0.25, -0.2) is 0 Å². The maximum atomic E-state index is 13.0. The van der Waals surface area contributed by atoms with E-state index in [1.165, 1.54) is 5.56 Å². The predicted molar refractivity (Wildman–Crippen MR) is 134 cm³/mol. The van der Waals surface area contributed by atoms with Gasteiger partial charge in [0.05, 0.1) is 19.2 Å². The number of rotatable bonds is 7. The van der Waals surface area contributed by atoms with Crippen molar-refractivity contribution in [1.82, 2.24) is 20.1 Å². The van der Waals surface area contributed by atoms with Gasteiger partial charge in [-0.1, -0.05) is 50.2 Å². The molecule has 0 saturated carbocycles. The minimum Gasteiger partial charge on any atom is -0.489 e. The number of carbonyl (C=O) groups excluding carboxylic acids is 1. The molecule has 35 heavy (non-hydrogen) atoms. The topological polar surface area (TPSA) is 89.3 Å². The number of nitrogens with one attached hydrogen (secondary N) is 1. The van der Waals surface area contributed by atoms with Crippen molar-refractivity contribution in [1.29, 1.82) is 0 Å². The molecule has 1 aliphatic rings. The summed E-state index contributed by atoms with van der Waals surface area (Å²) in [4.78, 5) is 17.1. The highest BCUT2D eigenvalue weighted by Gasteiger charge is 2.31. The van der Waals surface area contributed by atoms with E-state index in [-0.39, 0.29) is 18.6 Å². The van der Waals surface area contributed by atoms with Crippen LogP contribution >= 0.6 is 0 Å². The Hall–Kier alpha value is -3.97. The monoisotopic (exact) mass is 468 g/mol. The Balaban J connectivity index is 1.43. The van der Waals surface area contributed by atoms with Gasteiger partial charge in [-0.05, 0) is 46.9 Å². The molecule has 3 heterocycles. The van der Waals surface area contributed by atoms with Crippen LogP contribution in [0.2, 0.25) is 0 Å². The molecule has 2 aromatic heterocycles. The van der Waals surface area contributed by atoms with E-state index in [1.54, 1.807) is 17.1 Å². The number of hydrogen-bond donors (Lipinski definition) is 2. The van der Waals surface area contributed by atoms with E-state index in [1.807, 2.05) is 36.4 Å². The number of carbonyl (C=O) groups is 1. The standard InChI is InChI=1S/C28H28N4O3/c1-18(2)20-5-3-19(4-6-20)17-35-24-9-7-21(8-10-24)25-26(22-11-13-29-14-12-22)31-32-15-23(16-33)30-28(34)27(25)32/h3-14,18,23,33H,15-17H2,1-2H3,(H,30,34). The molecule has 2 aromatic carbocycles. The van der Waals surface area contributed by atoms with Crippen LogP contribution in [0.5, 0.6) is 5.75 Å². The molecule has 0 aliphatic carbocycles. The van der Waals surface area contributed by atoms with Crippen molar-refractivity contribution in [2.45, 2.75) is 39.0 Å². The van der Waals surface area contributed by atoms with Crippen molar-refractivity contribution in [3.8, 4) is 28.1 Å². The van der Waals surface area contributed by atoms with E-state index in [9.17, 15) is 9.90 Å². The van der Waals surface area contributed by atoms with Gasteiger partial charge in [0.2, 0.25) is 0 Å². The molecular weight excluding hydrogens is 440 g/mol.